The van der Waals surface area contributed by atoms with Crippen molar-refractivity contribution in [2.24, 2.45) is 0 Å². The Morgan fingerprint density at radius 2 is 2.12 bits per heavy atom. The van der Waals surface area contributed by atoms with Crippen LogP contribution in [0.3, 0.4) is 0 Å². The number of thiophene rings is 1. The highest BCUT2D eigenvalue weighted by molar-refractivity contribution is 7.88. The minimum Gasteiger partial charge on any atom is -0.465 e. The fraction of sp³-hybridized carbons (Fsp3) is 0.250. The Morgan fingerprint density at radius 3 is 2.80 bits per heavy atom. The Hall–Kier alpha value is -2.23. The smallest absolute Gasteiger partial charge is 0.331 e. The van der Waals surface area contributed by atoms with E-state index in [4.69, 9.17) is 9.15 Å². The first kappa shape index (κ1) is 19.1. The molecule has 0 radical (unpaired) electrons. The number of hydrogen-bond acceptors (Lipinski definition) is 7. The summed E-state index contributed by atoms with van der Waals surface area (Å²) in [4.78, 5) is 24.9. The maximum atomic E-state index is 12.0. The Morgan fingerprint density at radius 1 is 1.32 bits per heavy atom. The second kappa shape index (κ2) is 8.75. The Labute approximate surface area is 149 Å². The van der Waals surface area contributed by atoms with Crippen LogP contribution in [0.15, 0.2) is 41.0 Å². The van der Waals surface area contributed by atoms with Crippen LogP contribution in [0.5, 0.6) is 0 Å². The molecule has 0 atom stereocenters. The van der Waals surface area contributed by atoms with Gasteiger partial charge in [-0.25, -0.2) is 17.9 Å². The van der Waals surface area contributed by atoms with Crippen LogP contribution in [0.2, 0.25) is 0 Å². The highest BCUT2D eigenvalue weighted by Crippen LogP contribution is 2.17. The van der Waals surface area contributed by atoms with Gasteiger partial charge in [0, 0.05) is 17.5 Å². The van der Waals surface area contributed by atoms with Gasteiger partial charge in [0.25, 0.3) is 0 Å². The van der Waals surface area contributed by atoms with Gasteiger partial charge in [-0.2, -0.15) is 0 Å². The zero-order valence-electron chi connectivity index (χ0n) is 13.4. The molecule has 7 nitrogen and oxygen atoms in total. The van der Waals surface area contributed by atoms with Crippen LogP contribution in [0, 0.1) is 0 Å². The molecule has 0 fully saturated rings. The average molecular weight is 383 g/mol. The van der Waals surface area contributed by atoms with Gasteiger partial charge in [0.15, 0.2) is 6.61 Å². The summed E-state index contributed by atoms with van der Waals surface area (Å²) < 4.78 is 34.3. The van der Waals surface area contributed by atoms with Gasteiger partial charge in [-0.1, -0.05) is 0 Å². The predicted molar refractivity (Wildman–Crippen MR) is 93.9 cm³/mol. The number of Topliss-reactive ketones (excluding diaryl/α,β-unsaturated/α-hetero) is 1. The highest BCUT2D eigenvalue weighted by Gasteiger charge is 2.12. The van der Waals surface area contributed by atoms with E-state index in [1.807, 2.05) is 0 Å². The van der Waals surface area contributed by atoms with Crippen molar-refractivity contribution in [3.05, 3.63) is 52.1 Å². The van der Waals surface area contributed by atoms with Gasteiger partial charge in [0.05, 0.1) is 17.4 Å². The van der Waals surface area contributed by atoms with E-state index in [9.17, 15) is 18.0 Å². The van der Waals surface area contributed by atoms with E-state index in [2.05, 4.69) is 4.72 Å². The number of esters is 1. The van der Waals surface area contributed by atoms with Crippen molar-refractivity contribution in [1.29, 1.82) is 0 Å². The highest BCUT2D eigenvalue weighted by atomic mass is 32.2. The lowest BCUT2D eigenvalue weighted by Gasteiger charge is -2.00. The SMILES string of the molecule is CS(=O)(=O)NCCc1ccc(C(=O)COC(=O)/C=C/c2ccco2)s1. The molecule has 2 aromatic rings. The summed E-state index contributed by atoms with van der Waals surface area (Å²) in [7, 11) is -3.23. The molecule has 2 aromatic heterocycles. The first-order chi connectivity index (χ1) is 11.8. The zero-order chi connectivity index (χ0) is 18.3. The van der Waals surface area contributed by atoms with E-state index in [1.165, 1.54) is 29.8 Å². The summed E-state index contributed by atoms with van der Waals surface area (Å²) in [5.41, 5.74) is 0. The van der Waals surface area contributed by atoms with Gasteiger partial charge in [0.1, 0.15) is 5.76 Å². The molecule has 0 saturated carbocycles. The number of hydrogen-bond donors (Lipinski definition) is 1. The molecule has 134 valence electrons. The molecule has 0 aliphatic carbocycles. The van der Waals surface area contributed by atoms with Gasteiger partial charge in [-0.05, 0) is 36.8 Å². The molecule has 2 heterocycles. The molecular formula is C16H17NO6S2. The maximum absolute atomic E-state index is 12.0. The van der Waals surface area contributed by atoms with Crippen molar-refractivity contribution in [1.82, 2.24) is 4.72 Å². The maximum Gasteiger partial charge on any atom is 0.331 e. The normalized spacial score (nSPS) is 11.7. The molecule has 0 aliphatic rings. The summed E-state index contributed by atoms with van der Waals surface area (Å²) in [5, 5.41) is 0. The molecule has 25 heavy (non-hydrogen) atoms. The molecule has 0 unspecified atom stereocenters. The van der Waals surface area contributed by atoms with Crippen LogP contribution >= 0.6 is 11.3 Å². The number of sulfonamides is 1. The Balaban J connectivity index is 1.78. The lowest BCUT2D eigenvalue weighted by atomic mass is 10.3. The Kier molecular flexibility index (Phi) is 6.68. The largest absolute Gasteiger partial charge is 0.465 e. The number of carbonyl (C=O) groups excluding carboxylic acids is 2. The predicted octanol–water partition coefficient (Wildman–Crippen LogP) is 1.87. The molecule has 1 N–H and O–H groups in total. The topological polar surface area (TPSA) is 103 Å². The molecule has 0 spiro atoms. The second-order valence-electron chi connectivity index (χ2n) is 5.06. The molecule has 0 bridgehead atoms. The average Bonchev–Trinajstić information content (AvgIpc) is 3.21. The second-order valence-corrected chi connectivity index (χ2v) is 8.06. The molecule has 0 aromatic carbocycles. The van der Waals surface area contributed by atoms with Crippen molar-refractivity contribution in [3.8, 4) is 0 Å². The van der Waals surface area contributed by atoms with Gasteiger partial charge < -0.3 is 9.15 Å². The number of ether oxygens (including phenoxy) is 1. The van der Waals surface area contributed by atoms with Crippen molar-refractivity contribution in [2.75, 3.05) is 19.4 Å². The minimum atomic E-state index is -3.23. The fourth-order valence-corrected chi connectivity index (χ4v) is 3.22. The third-order valence-electron chi connectivity index (χ3n) is 2.94. The summed E-state index contributed by atoms with van der Waals surface area (Å²) in [5.74, 6) is -0.445. The van der Waals surface area contributed by atoms with Crippen LogP contribution in [0.1, 0.15) is 20.3 Å². The van der Waals surface area contributed by atoms with Gasteiger partial charge in [-0.15, -0.1) is 11.3 Å². The first-order valence-corrected chi connectivity index (χ1v) is 9.99. The summed E-state index contributed by atoms with van der Waals surface area (Å²) >= 11 is 1.25. The van der Waals surface area contributed by atoms with Crippen molar-refractivity contribution in [3.63, 3.8) is 0 Å². The van der Waals surface area contributed by atoms with E-state index in [0.717, 1.165) is 11.1 Å². The van der Waals surface area contributed by atoms with Crippen LogP contribution < -0.4 is 4.72 Å². The standard InChI is InChI=1S/C16H17NO6S2/c1-25(20,21)17-9-8-13-5-6-15(24-13)14(18)11-23-16(19)7-4-12-3-2-10-22-12/h2-7,10,17H,8-9,11H2,1H3/b7-4+. The van der Waals surface area contributed by atoms with E-state index < -0.39 is 16.0 Å². The number of ketones is 1. The molecule has 0 saturated heterocycles. The van der Waals surface area contributed by atoms with E-state index in [-0.39, 0.29) is 18.9 Å². The van der Waals surface area contributed by atoms with Crippen LogP contribution in [-0.2, 0) is 26.0 Å². The summed E-state index contributed by atoms with van der Waals surface area (Å²) in [6.45, 7) is -0.0948. The summed E-state index contributed by atoms with van der Waals surface area (Å²) in [6, 6.07) is 6.75. The van der Waals surface area contributed by atoms with Crippen LogP contribution in [-0.4, -0.2) is 39.6 Å². The monoisotopic (exact) mass is 383 g/mol. The van der Waals surface area contributed by atoms with Gasteiger partial charge in [0.2, 0.25) is 15.8 Å². The third-order valence-corrected chi connectivity index (χ3v) is 4.86. The minimum absolute atomic E-state index is 0.263. The van der Waals surface area contributed by atoms with E-state index in [1.54, 1.807) is 24.3 Å². The number of rotatable bonds is 9. The van der Waals surface area contributed by atoms with Crippen molar-refractivity contribution < 1.29 is 27.2 Å². The number of carbonyl (C=O) groups is 2. The van der Waals surface area contributed by atoms with Crippen LogP contribution in [0.4, 0.5) is 0 Å². The Bertz CT molecular complexity index is 849. The molecule has 0 amide bonds. The zero-order valence-corrected chi connectivity index (χ0v) is 15.1. The van der Waals surface area contributed by atoms with Gasteiger partial charge >= 0.3 is 5.97 Å². The molecule has 9 heteroatoms. The van der Waals surface area contributed by atoms with E-state index >= 15 is 0 Å². The third kappa shape index (κ3) is 7.04. The van der Waals surface area contributed by atoms with Crippen molar-refractivity contribution >= 4 is 39.2 Å². The van der Waals surface area contributed by atoms with Crippen LogP contribution in [0.25, 0.3) is 6.08 Å². The number of furan rings is 1. The lowest BCUT2D eigenvalue weighted by molar-refractivity contribution is -0.136. The van der Waals surface area contributed by atoms with Gasteiger partial charge in [-0.3, -0.25) is 4.79 Å². The molecular weight excluding hydrogens is 366 g/mol. The lowest BCUT2D eigenvalue weighted by Crippen LogP contribution is -2.24. The number of nitrogens with one attached hydrogen (secondary N) is 1. The van der Waals surface area contributed by atoms with E-state index in [0.29, 0.717) is 17.1 Å². The summed E-state index contributed by atoms with van der Waals surface area (Å²) in [6.07, 6.45) is 5.68. The quantitative estimate of drug-likeness (QED) is 0.403. The fourth-order valence-electron chi connectivity index (χ4n) is 1.81. The molecule has 2 rings (SSSR count). The van der Waals surface area contributed by atoms with Crippen molar-refractivity contribution in [2.45, 2.75) is 6.42 Å². The molecule has 0 aliphatic heterocycles. The first-order valence-electron chi connectivity index (χ1n) is 7.28.